The lowest BCUT2D eigenvalue weighted by Crippen LogP contribution is -2.15. The summed E-state index contributed by atoms with van der Waals surface area (Å²) in [4.78, 5) is 0.121. The van der Waals surface area contributed by atoms with Gasteiger partial charge in [-0.3, -0.25) is 0 Å². The van der Waals surface area contributed by atoms with Gasteiger partial charge in [-0.25, -0.2) is 8.42 Å². The Balaban J connectivity index is 3.19. The second kappa shape index (κ2) is 3.99. The number of halogens is 1. The van der Waals surface area contributed by atoms with Crippen LogP contribution in [0.15, 0.2) is 29.2 Å². The highest BCUT2D eigenvalue weighted by Gasteiger charge is 2.22. The largest absolute Gasteiger partial charge is 0.222 e. The Bertz CT molecular complexity index is 459. The van der Waals surface area contributed by atoms with Crippen LogP contribution in [0, 0.1) is 11.3 Å². The molecule has 0 aromatic heterocycles. The van der Waals surface area contributed by atoms with E-state index in [0.717, 1.165) is 0 Å². The zero-order chi connectivity index (χ0) is 10.8. The maximum atomic E-state index is 11.6. The second-order valence-corrected chi connectivity index (χ2v) is 5.48. The van der Waals surface area contributed by atoms with Crippen LogP contribution in [0.1, 0.15) is 6.92 Å². The fourth-order valence-electron chi connectivity index (χ4n) is 0.898. The van der Waals surface area contributed by atoms with Crippen LogP contribution in [0.5, 0.6) is 0 Å². The van der Waals surface area contributed by atoms with Crippen molar-refractivity contribution in [2.75, 3.05) is 0 Å². The third-order valence-corrected chi connectivity index (χ3v) is 4.01. The lowest BCUT2D eigenvalue weighted by Gasteiger charge is -2.04. The van der Waals surface area contributed by atoms with E-state index in [-0.39, 0.29) is 4.90 Å². The molecule has 1 rings (SSSR count). The molecule has 0 fully saturated rings. The maximum absolute atomic E-state index is 11.6. The quantitative estimate of drug-likeness (QED) is 0.780. The molecule has 0 saturated carbocycles. The van der Waals surface area contributed by atoms with Gasteiger partial charge < -0.3 is 0 Å². The minimum absolute atomic E-state index is 0.121. The summed E-state index contributed by atoms with van der Waals surface area (Å²) in [6.07, 6.45) is 0. The van der Waals surface area contributed by atoms with E-state index >= 15 is 0 Å². The molecule has 1 unspecified atom stereocenters. The first-order valence-corrected chi connectivity index (χ1v) is 5.80. The molecule has 1 atom stereocenters. The molecule has 1 aromatic carbocycles. The minimum Gasteiger partial charge on any atom is -0.222 e. The van der Waals surface area contributed by atoms with Crippen LogP contribution in [-0.4, -0.2) is 13.7 Å². The number of nitriles is 1. The summed E-state index contributed by atoms with van der Waals surface area (Å²) < 4.78 is 23.2. The Hall–Kier alpha value is -1.05. The summed E-state index contributed by atoms with van der Waals surface area (Å²) in [6.45, 7) is 1.35. The van der Waals surface area contributed by atoms with E-state index < -0.39 is 15.1 Å². The molecule has 5 heteroatoms. The standard InChI is InChI=1S/C9H8ClNO2S/c1-7(6-11)14(12,13)9-4-2-8(10)3-5-9/h2-5,7H,1H3. The molecular weight excluding hydrogens is 222 g/mol. The molecule has 0 radical (unpaired) electrons. The Labute approximate surface area is 87.8 Å². The van der Waals surface area contributed by atoms with Gasteiger partial charge in [0.25, 0.3) is 0 Å². The first-order chi connectivity index (χ1) is 6.48. The topological polar surface area (TPSA) is 57.9 Å². The molecule has 74 valence electrons. The molecule has 0 spiro atoms. The predicted molar refractivity (Wildman–Crippen MR) is 53.7 cm³/mol. The lowest BCUT2D eigenvalue weighted by atomic mass is 10.4. The van der Waals surface area contributed by atoms with Gasteiger partial charge in [0.1, 0.15) is 5.25 Å². The predicted octanol–water partition coefficient (Wildman–Crippen LogP) is 2.03. The number of rotatable bonds is 2. The number of benzene rings is 1. The van der Waals surface area contributed by atoms with Crippen molar-refractivity contribution in [3.8, 4) is 6.07 Å². The second-order valence-electron chi connectivity index (χ2n) is 2.77. The van der Waals surface area contributed by atoms with Gasteiger partial charge in [0.2, 0.25) is 0 Å². The van der Waals surface area contributed by atoms with Gasteiger partial charge in [0, 0.05) is 5.02 Å². The highest BCUT2D eigenvalue weighted by atomic mass is 35.5. The zero-order valence-electron chi connectivity index (χ0n) is 7.44. The number of hydrogen-bond donors (Lipinski definition) is 0. The third kappa shape index (κ3) is 2.06. The summed E-state index contributed by atoms with van der Waals surface area (Å²) in [5.41, 5.74) is 0. The van der Waals surface area contributed by atoms with Crippen LogP contribution in [0.25, 0.3) is 0 Å². The zero-order valence-corrected chi connectivity index (χ0v) is 9.01. The van der Waals surface area contributed by atoms with Gasteiger partial charge in [-0.2, -0.15) is 5.26 Å². The van der Waals surface area contributed by atoms with Crippen LogP contribution in [0.2, 0.25) is 5.02 Å². The van der Waals surface area contributed by atoms with E-state index in [1.807, 2.05) is 0 Å². The van der Waals surface area contributed by atoms with Crippen LogP contribution in [0.4, 0.5) is 0 Å². The molecule has 0 amide bonds. The van der Waals surface area contributed by atoms with E-state index in [1.54, 1.807) is 6.07 Å². The van der Waals surface area contributed by atoms with Crippen LogP contribution in [-0.2, 0) is 9.84 Å². The molecule has 0 aliphatic heterocycles. The van der Waals surface area contributed by atoms with E-state index in [9.17, 15) is 8.42 Å². The number of nitrogens with zero attached hydrogens (tertiary/aromatic N) is 1. The molecule has 0 heterocycles. The average molecular weight is 230 g/mol. The Morgan fingerprint density at radius 2 is 1.86 bits per heavy atom. The molecule has 14 heavy (non-hydrogen) atoms. The van der Waals surface area contributed by atoms with Gasteiger partial charge in [0.15, 0.2) is 9.84 Å². The summed E-state index contributed by atoms with van der Waals surface area (Å²) in [5, 5.41) is 7.96. The van der Waals surface area contributed by atoms with Crippen molar-refractivity contribution in [3.63, 3.8) is 0 Å². The monoisotopic (exact) mass is 229 g/mol. The molecule has 1 aromatic rings. The Morgan fingerprint density at radius 3 is 2.29 bits per heavy atom. The van der Waals surface area contributed by atoms with Gasteiger partial charge in [-0.15, -0.1) is 0 Å². The van der Waals surface area contributed by atoms with Crippen molar-refractivity contribution in [1.29, 1.82) is 5.26 Å². The molecular formula is C9H8ClNO2S. The average Bonchev–Trinajstić information content (AvgIpc) is 2.17. The van der Waals surface area contributed by atoms with Crippen LogP contribution in [0.3, 0.4) is 0 Å². The molecule has 0 N–H and O–H groups in total. The number of sulfone groups is 1. The van der Waals surface area contributed by atoms with Gasteiger partial charge in [-0.1, -0.05) is 11.6 Å². The minimum atomic E-state index is -3.53. The fourth-order valence-corrected chi connectivity index (χ4v) is 2.09. The highest BCUT2D eigenvalue weighted by molar-refractivity contribution is 7.92. The highest BCUT2D eigenvalue weighted by Crippen LogP contribution is 2.18. The van der Waals surface area contributed by atoms with E-state index in [0.29, 0.717) is 5.02 Å². The van der Waals surface area contributed by atoms with Crippen molar-refractivity contribution < 1.29 is 8.42 Å². The van der Waals surface area contributed by atoms with Crippen molar-refractivity contribution >= 4 is 21.4 Å². The normalized spacial score (nSPS) is 13.2. The van der Waals surface area contributed by atoms with Crippen molar-refractivity contribution in [1.82, 2.24) is 0 Å². The third-order valence-electron chi connectivity index (χ3n) is 1.79. The summed E-state index contributed by atoms with van der Waals surface area (Å²) in [5.74, 6) is 0. The number of hydrogen-bond acceptors (Lipinski definition) is 3. The summed E-state index contributed by atoms with van der Waals surface area (Å²) in [7, 11) is -3.53. The molecule has 0 saturated heterocycles. The smallest absolute Gasteiger partial charge is 0.194 e. The van der Waals surface area contributed by atoms with E-state index in [1.165, 1.54) is 31.2 Å². The molecule has 0 bridgehead atoms. The van der Waals surface area contributed by atoms with Gasteiger partial charge >= 0.3 is 0 Å². The van der Waals surface area contributed by atoms with Crippen LogP contribution < -0.4 is 0 Å². The van der Waals surface area contributed by atoms with E-state index in [4.69, 9.17) is 16.9 Å². The first-order valence-electron chi connectivity index (χ1n) is 3.87. The van der Waals surface area contributed by atoms with Crippen molar-refractivity contribution in [2.24, 2.45) is 0 Å². The summed E-state index contributed by atoms with van der Waals surface area (Å²) >= 11 is 5.62. The Morgan fingerprint density at radius 1 is 1.36 bits per heavy atom. The Kier molecular flexibility index (Phi) is 3.14. The molecule has 0 aliphatic rings. The van der Waals surface area contributed by atoms with Gasteiger partial charge in [0.05, 0.1) is 11.0 Å². The van der Waals surface area contributed by atoms with Crippen molar-refractivity contribution in [2.45, 2.75) is 17.1 Å². The lowest BCUT2D eigenvalue weighted by molar-refractivity contribution is 0.592. The first kappa shape index (κ1) is 11.0. The maximum Gasteiger partial charge on any atom is 0.194 e. The summed E-state index contributed by atoms with van der Waals surface area (Å²) in [6, 6.07) is 7.46. The SMILES string of the molecule is CC(C#N)S(=O)(=O)c1ccc(Cl)cc1. The van der Waals surface area contributed by atoms with Crippen molar-refractivity contribution in [3.05, 3.63) is 29.3 Å². The van der Waals surface area contributed by atoms with E-state index in [2.05, 4.69) is 0 Å². The van der Waals surface area contributed by atoms with Crippen LogP contribution >= 0.6 is 11.6 Å². The fraction of sp³-hybridized carbons (Fsp3) is 0.222. The molecule has 3 nitrogen and oxygen atoms in total. The van der Waals surface area contributed by atoms with Gasteiger partial charge in [-0.05, 0) is 31.2 Å². The molecule has 0 aliphatic carbocycles.